The Morgan fingerprint density at radius 2 is 1.32 bits per heavy atom. The number of benzene rings is 2. The molecule has 4 rings (SSSR count). The number of aromatic nitrogens is 1. The van der Waals surface area contributed by atoms with Gasteiger partial charge in [0.1, 0.15) is 5.69 Å². The van der Waals surface area contributed by atoms with E-state index in [4.69, 9.17) is 23.2 Å². The molecule has 1 N–H and O–H groups in total. The number of aliphatic hydroxyl groups is 1. The Morgan fingerprint density at radius 1 is 0.786 bits per heavy atom. The first-order valence-electron chi connectivity index (χ1n) is 9.54. The van der Waals surface area contributed by atoms with Gasteiger partial charge in [0, 0.05) is 29.3 Å². The highest BCUT2D eigenvalue weighted by atomic mass is 35.5. The molecule has 28 heavy (non-hydrogen) atoms. The van der Waals surface area contributed by atoms with Gasteiger partial charge in [0.05, 0.1) is 5.69 Å². The summed E-state index contributed by atoms with van der Waals surface area (Å²) in [4.78, 5) is 6.99. The topological polar surface area (TPSA) is 36.4 Å². The van der Waals surface area contributed by atoms with Gasteiger partial charge in [-0.2, -0.15) is 0 Å². The van der Waals surface area contributed by atoms with Crippen LogP contribution in [0.2, 0.25) is 10.0 Å². The smallest absolute Gasteiger partial charge is 0.159 e. The Balaban J connectivity index is 1.91. The number of halogens is 2. The van der Waals surface area contributed by atoms with Gasteiger partial charge in [-0.25, -0.2) is 0 Å². The molecule has 1 aromatic heterocycles. The van der Waals surface area contributed by atoms with Gasteiger partial charge >= 0.3 is 0 Å². The standard InChI is InChI=1S/C23H22Cl2N2O/c24-19-10-6-17(7-11-19)23(28,18-8-12-20(25)13-9-18)22-21(5-4-14-26-22)27-15-2-1-3-16-27/h4-14,28H,1-3,15-16H2. The van der Waals surface area contributed by atoms with E-state index < -0.39 is 5.60 Å². The van der Waals surface area contributed by atoms with E-state index in [1.807, 2.05) is 36.4 Å². The summed E-state index contributed by atoms with van der Waals surface area (Å²) in [5, 5.41) is 13.4. The van der Waals surface area contributed by atoms with Crippen LogP contribution in [-0.4, -0.2) is 23.2 Å². The molecule has 0 aliphatic carbocycles. The van der Waals surface area contributed by atoms with Crippen LogP contribution in [0.25, 0.3) is 0 Å². The van der Waals surface area contributed by atoms with E-state index in [0.29, 0.717) is 15.7 Å². The molecule has 0 unspecified atom stereocenters. The van der Waals surface area contributed by atoms with Crippen molar-refractivity contribution in [2.75, 3.05) is 18.0 Å². The van der Waals surface area contributed by atoms with Crippen molar-refractivity contribution in [1.82, 2.24) is 4.98 Å². The van der Waals surface area contributed by atoms with Crippen molar-refractivity contribution in [3.63, 3.8) is 0 Å². The fourth-order valence-corrected chi connectivity index (χ4v) is 4.14. The zero-order valence-electron chi connectivity index (χ0n) is 15.5. The lowest BCUT2D eigenvalue weighted by Gasteiger charge is -2.36. The van der Waals surface area contributed by atoms with Gasteiger partial charge in [0.15, 0.2) is 5.60 Å². The molecule has 3 aromatic rings. The molecular weight excluding hydrogens is 391 g/mol. The number of anilines is 1. The highest BCUT2D eigenvalue weighted by Crippen LogP contribution is 2.41. The second-order valence-corrected chi connectivity index (χ2v) is 8.02. The fourth-order valence-electron chi connectivity index (χ4n) is 3.89. The molecule has 0 atom stereocenters. The van der Waals surface area contributed by atoms with E-state index >= 15 is 0 Å². The van der Waals surface area contributed by atoms with Crippen molar-refractivity contribution in [2.45, 2.75) is 24.9 Å². The highest BCUT2D eigenvalue weighted by Gasteiger charge is 2.38. The monoisotopic (exact) mass is 412 g/mol. The summed E-state index contributed by atoms with van der Waals surface area (Å²) in [6, 6.07) is 18.6. The zero-order chi connectivity index (χ0) is 19.6. The van der Waals surface area contributed by atoms with Crippen LogP contribution in [0.15, 0.2) is 66.9 Å². The molecule has 1 aliphatic heterocycles. The van der Waals surface area contributed by atoms with E-state index in [2.05, 4.69) is 9.88 Å². The third-order valence-corrected chi connectivity index (χ3v) is 5.85. The summed E-state index contributed by atoms with van der Waals surface area (Å²) in [7, 11) is 0. The maximum Gasteiger partial charge on any atom is 0.159 e. The van der Waals surface area contributed by atoms with Crippen LogP contribution in [0.3, 0.4) is 0 Å². The quantitative estimate of drug-likeness (QED) is 0.599. The minimum atomic E-state index is -1.41. The van der Waals surface area contributed by atoms with Gasteiger partial charge < -0.3 is 10.0 Å². The fraction of sp³-hybridized carbons (Fsp3) is 0.261. The van der Waals surface area contributed by atoms with Crippen molar-refractivity contribution in [1.29, 1.82) is 0 Å². The summed E-state index contributed by atoms with van der Waals surface area (Å²) < 4.78 is 0. The minimum absolute atomic E-state index is 0.625. The maximum atomic E-state index is 12.1. The molecule has 2 heterocycles. The molecule has 3 nitrogen and oxygen atoms in total. The predicted molar refractivity (Wildman–Crippen MR) is 115 cm³/mol. The molecule has 0 spiro atoms. The Morgan fingerprint density at radius 3 is 1.86 bits per heavy atom. The molecule has 0 saturated carbocycles. The molecular formula is C23H22Cl2N2O. The summed E-state index contributed by atoms with van der Waals surface area (Å²) in [6.07, 6.45) is 5.27. The number of nitrogens with zero attached hydrogens (tertiary/aromatic N) is 2. The van der Waals surface area contributed by atoms with Crippen LogP contribution >= 0.6 is 23.2 Å². The third-order valence-electron chi connectivity index (χ3n) is 5.35. The molecule has 5 heteroatoms. The van der Waals surface area contributed by atoms with Gasteiger partial charge in [-0.1, -0.05) is 47.5 Å². The lowest BCUT2D eigenvalue weighted by atomic mass is 9.82. The minimum Gasteiger partial charge on any atom is -0.374 e. The van der Waals surface area contributed by atoms with Crippen LogP contribution in [0, 0.1) is 0 Å². The Bertz CT molecular complexity index is 890. The van der Waals surface area contributed by atoms with Crippen LogP contribution in [0.1, 0.15) is 36.1 Å². The Kier molecular flexibility index (Phi) is 5.58. The van der Waals surface area contributed by atoms with Gasteiger partial charge in [0.25, 0.3) is 0 Å². The summed E-state index contributed by atoms with van der Waals surface area (Å²) >= 11 is 12.2. The van der Waals surface area contributed by atoms with Crippen molar-refractivity contribution >= 4 is 28.9 Å². The lowest BCUT2D eigenvalue weighted by Crippen LogP contribution is -2.36. The molecule has 2 aromatic carbocycles. The van der Waals surface area contributed by atoms with Gasteiger partial charge in [-0.05, 0) is 66.8 Å². The number of piperidine rings is 1. The average Bonchev–Trinajstić information content (AvgIpc) is 2.75. The first kappa shape index (κ1) is 19.3. The van der Waals surface area contributed by atoms with E-state index in [1.54, 1.807) is 30.5 Å². The molecule has 1 saturated heterocycles. The average molecular weight is 413 g/mol. The highest BCUT2D eigenvalue weighted by molar-refractivity contribution is 6.30. The van der Waals surface area contributed by atoms with E-state index in [9.17, 15) is 5.11 Å². The van der Waals surface area contributed by atoms with E-state index in [0.717, 1.165) is 42.7 Å². The maximum absolute atomic E-state index is 12.1. The number of rotatable bonds is 4. The van der Waals surface area contributed by atoms with E-state index in [1.165, 1.54) is 6.42 Å². The van der Waals surface area contributed by atoms with E-state index in [-0.39, 0.29) is 0 Å². The number of hydrogen-bond acceptors (Lipinski definition) is 3. The molecule has 144 valence electrons. The lowest BCUT2D eigenvalue weighted by molar-refractivity contribution is 0.121. The Hall–Kier alpha value is -2.07. The van der Waals surface area contributed by atoms with Crippen molar-refractivity contribution in [3.8, 4) is 0 Å². The van der Waals surface area contributed by atoms with Gasteiger partial charge in [0.2, 0.25) is 0 Å². The third kappa shape index (κ3) is 3.62. The molecule has 1 fully saturated rings. The Labute approximate surface area is 175 Å². The molecule has 0 radical (unpaired) electrons. The second kappa shape index (κ2) is 8.12. The summed E-state index contributed by atoms with van der Waals surface area (Å²) in [6.45, 7) is 1.94. The number of pyridine rings is 1. The van der Waals surface area contributed by atoms with Crippen molar-refractivity contribution in [2.24, 2.45) is 0 Å². The van der Waals surface area contributed by atoms with Crippen LogP contribution in [0.4, 0.5) is 5.69 Å². The normalized spacial score (nSPS) is 14.9. The van der Waals surface area contributed by atoms with Crippen LogP contribution in [-0.2, 0) is 5.60 Å². The first-order valence-corrected chi connectivity index (χ1v) is 10.3. The number of hydrogen-bond donors (Lipinski definition) is 1. The predicted octanol–water partition coefficient (Wildman–Crippen LogP) is 5.66. The molecule has 0 bridgehead atoms. The van der Waals surface area contributed by atoms with Gasteiger partial charge in [-0.3, -0.25) is 4.98 Å². The molecule has 1 aliphatic rings. The SMILES string of the molecule is OC(c1ccc(Cl)cc1)(c1ccc(Cl)cc1)c1ncccc1N1CCCCC1. The van der Waals surface area contributed by atoms with Crippen LogP contribution < -0.4 is 4.90 Å². The van der Waals surface area contributed by atoms with Crippen molar-refractivity contribution in [3.05, 3.63) is 93.7 Å². The second-order valence-electron chi connectivity index (χ2n) is 7.14. The van der Waals surface area contributed by atoms with Gasteiger partial charge in [-0.15, -0.1) is 0 Å². The van der Waals surface area contributed by atoms with Crippen molar-refractivity contribution < 1.29 is 5.11 Å². The summed E-state index contributed by atoms with van der Waals surface area (Å²) in [5.74, 6) is 0. The molecule has 0 amide bonds. The first-order chi connectivity index (χ1) is 13.6. The zero-order valence-corrected chi connectivity index (χ0v) is 17.0. The summed E-state index contributed by atoms with van der Waals surface area (Å²) in [5.41, 5.74) is 1.62. The largest absolute Gasteiger partial charge is 0.374 e. The van der Waals surface area contributed by atoms with Crippen LogP contribution in [0.5, 0.6) is 0 Å².